The van der Waals surface area contributed by atoms with Crippen molar-refractivity contribution in [2.24, 2.45) is 5.41 Å². The Balaban J connectivity index is 2.14. The lowest BCUT2D eigenvalue weighted by atomic mass is 9.87. The number of nitrogens with zero attached hydrogens (tertiary/aromatic N) is 2. The van der Waals surface area contributed by atoms with Crippen LogP contribution in [0.3, 0.4) is 0 Å². The summed E-state index contributed by atoms with van der Waals surface area (Å²) in [6.07, 6.45) is 1.40. The minimum Gasteiger partial charge on any atom is -0.390 e. The molecule has 3 N–H and O–H groups in total. The maximum absolute atomic E-state index is 11.7. The summed E-state index contributed by atoms with van der Waals surface area (Å²) >= 11 is 0. The van der Waals surface area contributed by atoms with E-state index in [2.05, 4.69) is 25.8 Å². The highest BCUT2D eigenvalue weighted by molar-refractivity contribution is 5.23. The summed E-state index contributed by atoms with van der Waals surface area (Å²) in [5.41, 5.74) is 5.06. The maximum Gasteiger partial charge on any atom is 0.351 e. The number of aliphatic hydroxyl groups excluding tert-OH is 1. The predicted molar refractivity (Wildman–Crippen MR) is 71.5 cm³/mol. The van der Waals surface area contributed by atoms with E-state index in [0.717, 1.165) is 6.42 Å². The van der Waals surface area contributed by atoms with Gasteiger partial charge in [0.2, 0.25) is 0 Å². The fourth-order valence-electron chi connectivity index (χ4n) is 2.32. The van der Waals surface area contributed by atoms with E-state index in [9.17, 15) is 9.90 Å². The van der Waals surface area contributed by atoms with Crippen molar-refractivity contribution < 1.29 is 9.84 Å². The summed E-state index contributed by atoms with van der Waals surface area (Å²) in [6, 6.07) is 1.55. The molecule has 0 aromatic carbocycles. The van der Waals surface area contributed by atoms with Gasteiger partial charge < -0.3 is 15.6 Å². The molecule has 3 atom stereocenters. The highest BCUT2D eigenvalue weighted by Gasteiger charge is 2.37. The molecule has 0 aliphatic carbocycles. The Bertz CT molecular complexity index is 507. The average Bonchev–Trinajstić information content (AvgIpc) is 2.57. The van der Waals surface area contributed by atoms with Crippen LogP contribution >= 0.6 is 0 Å². The van der Waals surface area contributed by atoms with Crippen LogP contribution in [0.15, 0.2) is 17.1 Å². The molecule has 0 bridgehead atoms. The van der Waals surface area contributed by atoms with Crippen molar-refractivity contribution in [2.45, 2.75) is 52.0 Å². The van der Waals surface area contributed by atoms with Gasteiger partial charge in [-0.15, -0.1) is 0 Å². The molecule has 2 rings (SSSR count). The zero-order valence-electron chi connectivity index (χ0n) is 11.5. The summed E-state index contributed by atoms with van der Waals surface area (Å²) in [7, 11) is 0. The molecule has 0 radical (unpaired) electrons. The first-order valence-electron chi connectivity index (χ1n) is 6.44. The number of aromatic nitrogens is 2. The molecule has 1 saturated heterocycles. The molecule has 1 aromatic rings. The van der Waals surface area contributed by atoms with Crippen LogP contribution in [0.5, 0.6) is 0 Å². The monoisotopic (exact) mass is 267 g/mol. The lowest BCUT2D eigenvalue weighted by Crippen LogP contribution is -2.28. The van der Waals surface area contributed by atoms with Crippen LogP contribution in [0, 0.1) is 5.41 Å². The molecule has 6 nitrogen and oxygen atoms in total. The fraction of sp³-hybridized carbons (Fsp3) is 0.692. The Morgan fingerprint density at radius 2 is 2.26 bits per heavy atom. The molecule has 1 fully saturated rings. The average molecular weight is 267 g/mol. The van der Waals surface area contributed by atoms with E-state index in [1.807, 2.05) is 0 Å². The van der Waals surface area contributed by atoms with Crippen molar-refractivity contribution in [3.8, 4) is 0 Å². The van der Waals surface area contributed by atoms with Crippen molar-refractivity contribution in [3.05, 3.63) is 22.7 Å². The molecule has 1 aromatic heterocycles. The predicted octanol–water partition coefficient (Wildman–Crippen LogP) is 0.910. The van der Waals surface area contributed by atoms with Crippen molar-refractivity contribution in [1.29, 1.82) is 0 Å². The van der Waals surface area contributed by atoms with E-state index in [1.165, 1.54) is 4.57 Å². The Kier molecular flexibility index (Phi) is 3.64. The molecular weight excluding hydrogens is 246 g/mol. The van der Waals surface area contributed by atoms with Crippen molar-refractivity contribution in [1.82, 2.24) is 9.55 Å². The van der Waals surface area contributed by atoms with Crippen molar-refractivity contribution in [2.75, 3.05) is 5.73 Å². The van der Waals surface area contributed by atoms with Gasteiger partial charge in [-0.3, -0.25) is 4.57 Å². The number of hydrogen-bond donors (Lipinski definition) is 2. The zero-order valence-corrected chi connectivity index (χ0v) is 11.5. The third-order valence-electron chi connectivity index (χ3n) is 3.18. The number of nitrogens with two attached hydrogens (primary N) is 1. The van der Waals surface area contributed by atoms with Crippen LogP contribution in [0.2, 0.25) is 0 Å². The summed E-state index contributed by atoms with van der Waals surface area (Å²) < 4.78 is 7.17. The first-order valence-corrected chi connectivity index (χ1v) is 6.44. The highest BCUT2D eigenvalue weighted by Crippen LogP contribution is 2.34. The van der Waals surface area contributed by atoms with Crippen LogP contribution in [-0.2, 0) is 4.74 Å². The van der Waals surface area contributed by atoms with E-state index >= 15 is 0 Å². The van der Waals surface area contributed by atoms with Gasteiger partial charge in [0.1, 0.15) is 12.0 Å². The molecule has 0 saturated carbocycles. The standard InChI is InChI=1S/C13H21N3O3/c1-13(2,3)7-9-8(17)6-11(19-9)16-5-4-10(14)15-12(16)18/h4-5,8-9,11,17H,6-7H2,1-3H3,(H2,14,15,18)/t8-,9?,11-/m1/s1. The van der Waals surface area contributed by atoms with E-state index in [1.54, 1.807) is 12.3 Å². The summed E-state index contributed by atoms with van der Waals surface area (Å²) in [4.78, 5) is 15.4. The molecule has 1 unspecified atom stereocenters. The number of rotatable bonds is 2. The Morgan fingerprint density at radius 3 is 2.84 bits per heavy atom. The van der Waals surface area contributed by atoms with E-state index in [0.29, 0.717) is 6.42 Å². The van der Waals surface area contributed by atoms with Crippen LogP contribution in [0.25, 0.3) is 0 Å². The lowest BCUT2D eigenvalue weighted by molar-refractivity contribution is -0.0382. The molecule has 19 heavy (non-hydrogen) atoms. The molecule has 1 aliphatic heterocycles. The largest absolute Gasteiger partial charge is 0.390 e. The van der Waals surface area contributed by atoms with Gasteiger partial charge in [0, 0.05) is 12.6 Å². The van der Waals surface area contributed by atoms with Crippen LogP contribution in [0.1, 0.15) is 39.8 Å². The van der Waals surface area contributed by atoms with Crippen molar-refractivity contribution >= 4 is 5.82 Å². The second kappa shape index (κ2) is 4.94. The van der Waals surface area contributed by atoms with Gasteiger partial charge in [-0.2, -0.15) is 4.98 Å². The fourth-order valence-corrected chi connectivity index (χ4v) is 2.32. The Morgan fingerprint density at radius 1 is 1.58 bits per heavy atom. The van der Waals surface area contributed by atoms with Gasteiger partial charge in [0.15, 0.2) is 0 Å². The maximum atomic E-state index is 11.7. The van der Waals surface area contributed by atoms with Gasteiger partial charge in [-0.25, -0.2) is 4.79 Å². The number of anilines is 1. The van der Waals surface area contributed by atoms with Crippen LogP contribution in [-0.4, -0.2) is 26.9 Å². The lowest BCUT2D eigenvalue weighted by Gasteiger charge is -2.24. The zero-order chi connectivity index (χ0) is 14.2. The molecule has 0 amide bonds. The minimum atomic E-state index is -0.561. The molecule has 0 spiro atoms. The van der Waals surface area contributed by atoms with E-state index in [4.69, 9.17) is 10.5 Å². The number of nitrogen functional groups attached to an aromatic ring is 1. The molecule has 2 heterocycles. The highest BCUT2D eigenvalue weighted by atomic mass is 16.5. The second-order valence-corrected chi connectivity index (χ2v) is 6.24. The summed E-state index contributed by atoms with van der Waals surface area (Å²) in [5, 5.41) is 10.0. The SMILES string of the molecule is CC(C)(C)CC1O[C@@H](n2ccc(N)nc2=O)C[C@H]1O. The summed E-state index contributed by atoms with van der Waals surface area (Å²) in [5.74, 6) is 0.186. The molecule has 106 valence electrons. The third-order valence-corrected chi connectivity index (χ3v) is 3.18. The Hall–Kier alpha value is -1.40. The second-order valence-electron chi connectivity index (χ2n) is 6.24. The minimum absolute atomic E-state index is 0.0604. The van der Waals surface area contributed by atoms with Gasteiger partial charge in [-0.1, -0.05) is 20.8 Å². The van der Waals surface area contributed by atoms with Crippen LogP contribution in [0.4, 0.5) is 5.82 Å². The first kappa shape index (κ1) is 14.0. The third kappa shape index (κ3) is 3.33. The van der Waals surface area contributed by atoms with Gasteiger partial charge in [0.05, 0.1) is 12.2 Å². The topological polar surface area (TPSA) is 90.4 Å². The summed E-state index contributed by atoms with van der Waals surface area (Å²) in [6.45, 7) is 6.27. The first-order chi connectivity index (χ1) is 8.76. The number of ether oxygens (including phenoxy) is 1. The van der Waals surface area contributed by atoms with Gasteiger partial charge in [-0.05, 0) is 17.9 Å². The van der Waals surface area contributed by atoms with Crippen LogP contribution < -0.4 is 11.4 Å². The van der Waals surface area contributed by atoms with Gasteiger partial charge >= 0.3 is 5.69 Å². The van der Waals surface area contributed by atoms with Crippen molar-refractivity contribution in [3.63, 3.8) is 0 Å². The number of aliphatic hydroxyl groups is 1. The Labute approximate surface area is 112 Å². The van der Waals surface area contributed by atoms with E-state index < -0.39 is 18.0 Å². The molecule has 1 aliphatic rings. The number of hydrogen-bond acceptors (Lipinski definition) is 5. The quantitative estimate of drug-likeness (QED) is 0.831. The van der Waals surface area contributed by atoms with E-state index in [-0.39, 0.29) is 17.3 Å². The van der Waals surface area contributed by atoms with Gasteiger partial charge in [0.25, 0.3) is 0 Å². The molecule has 6 heteroatoms. The smallest absolute Gasteiger partial charge is 0.351 e. The molecular formula is C13H21N3O3. The normalized spacial score (nSPS) is 27.7.